The molecule has 1 aliphatic carbocycles. The molecule has 16 heavy (non-hydrogen) atoms. The third-order valence-corrected chi connectivity index (χ3v) is 4.37. The SMILES string of the molecule is O=C(O)C1CNCCN1S(=O)(=O)NC1CC1. The molecule has 1 saturated heterocycles. The van der Waals surface area contributed by atoms with Gasteiger partial charge in [-0.2, -0.15) is 17.4 Å². The summed E-state index contributed by atoms with van der Waals surface area (Å²) >= 11 is 0. The number of aliphatic carboxylic acids is 1. The Morgan fingerprint density at radius 1 is 1.44 bits per heavy atom. The molecule has 2 rings (SSSR count). The summed E-state index contributed by atoms with van der Waals surface area (Å²) in [6, 6.07) is -1.01. The number of rotatable bonds is 4. The van der Waals surface area contributed by atoms with Crippen molar-refractivity contribution >= 4 is 16.2 Å². The monoisotopic (exact) mass is 249 g/mol. The molecule has 1 unspecified atom stereocenters. The molecule has 7 nitrogen and oxygen atoms in total. The number of hydrogen-bond acceptors (Lipinski definition) is 4. The van der Waals surface area contributed by atoms with Crippen molar-refractivity contribution in [2.45, 2.75) is 24.9 Å². The normalized spacial score (nSPS) is 27.9. The predicted octanol–water partition coefficient (Wildman–Crippen LogP) is -1.66. The maximum absolute atomic E-state index is 11.9. The van der Waals surface area contributed by atoms with Crippen molar-refractivity contribution in [3.05, 3.63) is 0 Å². The highest BCUT2D eigenvalue weighted by Crippen LogP contribution is 2.21. The minimum Gasteiger partial charge on any atom is -0.480 e. The first-order chi connectivity index (χ1) is 7.50. The largest absolute Gasteiger partial charge is 0.480 e. The standard InChI is InChI=1S/C8H15N3O4S/c12-8(13)7-5-9-3-4-11(7)16(14,15)10-6-1-2-6/h6-7,9-10H,1-5H2,(H,12,13). The summed E-state index contributed by atoms with van der Waals surface area (Å²) in [4.78, 5) is 10.9. The number of nitrogens with one attached hydrogen (secondary N) is 2. The van der Waals surface area contributed by atoms with E-state index in [0.29, 0.717) is 6.54 Å². The Kier molecular flexibility index (Phi) is 3.15. The number of piperazine rings is 1. The highest BCUT2D eigenvalue weighted by molar-refractivity contribution is 7.87. The molecule has 1 saturated carbocycles. The highest BCUT2D eigenvalue weighted by atomic mass is 32.2. The van der Waals surface area contributed by atoms with Crippen molar-refractivity contribution in [2.24, 2.45) is 0 Å². The Bertz CT molecular complexity index is 379. The smallest absolute Gasteiger partial charge is 0.323 e. The van der Waals surface area contributed by atoms with Gasteiger partial charge in [0, 0.05) is 25.7 Å². The average molecular weight is 249 g/mol. The first-order valence-electron chi connectivity index (χ1n) is 5.23. The van der Waals surface area contributed by atoms with Crippen LogP contribution in [0.2, 0.25) is 0 Å². The van der Waals surface area contributed by atoms with E-state index in [0.717, 1.165) is 17.1 Å². The molecule has 1 heterocycles. The van der Waals surface area contributed by atoms with Crippen molar-refractivity contribution < 1.29 is 18.3 Å². The topological polar surface area (TPSA) is 98.7 Å². The van der Waals surface area contributed by atoms with E-state index >= 15 is 0 Å². The summed E-state index contributed by atoms with van der Waals surface area (Å²) in [7, 11) is -3.65. The summed E-state index contributed by atoms with van der Waals surface area (Å²) in [6.45, 7) is 0.829. The molecular formula is C8H15N3O4S. The summed E-state index contributed by atoms with van der Waals surface area (Å²) in [5.74, 6) is -1.12. The molecule has 2 aliphatic rings. The summed E-state index contributed by atoms with van der Waals surface area (Å²) in [6.07, 6.45) is 1.67. The molecule has 3 N–H and O–H groups in total. The van der Waals surface area contributed by atoms with Crippen LogP contribution in [-0.4, -0.2) is 55.5 Å². The summed E-state index contributed by atoms with van der Waals surface area (Å²) < 4.78 is 27.3. The molecule has 0 amide bonds. The van der Waals surface area contributed by atoms with E-state index in [-0.39, 0.29) is 19.1 Å². The van der Waals surface area contributed by atoms with Crippen LogP contribution in [0.15, 0.2) is 0 Å². The van der Waals surface area contributed by atoms with Gasteiger partial charge in [0.25, 0.3) is 10.2 Å². The third-order valence-electron chi connectivity index (χ3n) is 2.68. The number of carboxylic acid groups (broad SMARTS) is 1. The minimum absolute atomic E-state index is 0.00525. The van der Waals surface area contributed by atoms with Crippen molar-refractivity contribution in [3.63, 3.8) is 0 Å². The first-order valence-corrected chi connectivity index (χ1v) is 6.67. The molecule has 92 valence electrons. The zero-order valence-electron chi connectivity index (χ0n) is 8.72. The predicted molar refractivity (Wildman–Crippen MR) is 56.1 cm³/mol. The van der Waals surface area contributed by atoms with Crippen LogP contribution < -0.4 is 10.0 Å². The van der Waals surface area contributed by atoms with E-state index in [1.165, 1.54) is 0 Å². The van der Waals surface area contributed by atoms with Crippen LogP contribution >= 0.6 is 0 Å². The molecular weight excluding hydrogens is 234 g/mol. The van der Waals surface area contributed by atoms with E-state index < -0.39 is 22.2 Å². The molecule has 0 aromatic rings. The van der Waals surface area contributed by atoms with Gasteiger partial charge < -0.3 is 10.4 Å². The van der Waals surface area contributed by atoms with E-state index in [1.54, 1.807) is 0 Å². The second-order valence-corrected chi connectivity index (χ2v) is 5.72. The highest BCUT2D eigenvalue weighted by Gasteiger charge is 2.39. The van der Waals surface area contributed by atoms with Gasteiger partial charge in [0.05, 0.1) is 0 Å². The van der Waals surface area contributed by atoms with Gasteiger partial charge in [-0.3, -0.25) is 4.79 Å². The van der Waals surface area contributed by atoms with Crippen LogP contribution in [0.25, 0.3) is 0 Å². The van der Waals surface area contributed by atoms with Gasteiger partial charge in [0.1, 0.15) is 6.04 Å². The van der Waals surface area contributed by atoms with E-state index in [9.17, 15) is 13.2 Å². The fraction of sp³-hybridized carbons (Fsp3) is 0.875. The molecule has 1 aliphatic heterocycles. The number of nitrogens with zero attached hydrogens (tertiary/aromatic N) is 1. The van der Waals surface area contributed by atoms with Crippen molar-refractivity contribution in [3.8, 4) is 0 Å². The van der Waals surface area contributed by atoms with Gasteiger partial charge in [0.2, 0.25) is 0 Å². The minimum atomic E-state index is -3.65. The lowest BCUT2D eigenvalue weighted by atomic mass is 10.2. The zero-order valence-corrected chi connectivity index (χ0v) is 9.53. The van der Waals surface area contributed by atoms with Crippen LogP contribution in [0.5, 0.6) is 0 Å². The Labute approximate surface area is 94.0 Å². The van der Waals surface area contributed by atoms with Crippen LogP contribution in [0.3, 0.4) is 0 Å². The lowest BCUT2D eigenvalue weighted by Gasteiger charge is -2.32. The van der Waals surface area contributed by atoms with Crippen LogP contribution in [0.4, 0.5) is 0 Å². The van der Waals surface area contributed by atoms with E-state index in [4.69, 9.17) is 5.11 Å². The molecule has 0 aromatic heterocycles. The van der Waals surface area contributed by atoms with Crippen molar-refractivity contribution in [1.82, 2.24) is 14.3 Å². The molecule has 1 atom stereocenters. The fourth-order valence-corrected chi connectivity index (χ4v) is 3.29. The van der Waals surface area contributed by atoms with Crippen LogP contribution in [0.1, 0.15) is 12.8 Å². The van der Waals surface area contributed by atoms with Gasteiger partial charge in [0.15, 0.2) is 0 Å². The number of carboxylic acids is 1. The molecule has 0 bridgehead atoms. The molecule has 8 heteroatoms. The zero-order chi connectivity index (χ0) is 11.8. The summed E-state index contributed by atoms with van der Waals surface area (Å²) in [5.41, 5.74) is 0. The Balaban J connectivity index is 2.11. The Hall–Kier alpha value is -0.700. The second kappa shape index (κ2) is 4.28. The van der Waals surface area contributed by atoms with Crippen molar-refractivity contribution in [2.75, 3.05) is 19.6 Å². The third kappa shape index (κ3) is 2.51. The molecule has 2 fully saturated rings. The molecule has 0 radical (unpaired) electrons. The lowest BCUT2D eigenvalue weighted by molar-refractivity contribution is -0.141. The average Bonchev–Trinajstić information content (AvgIpc) is 3.01. The van der Waals surface area contributed by atoms with Gasteiger partial charge in [-0.15, -0.1) is 0 Å². The molecule has 0 aromatic carbocycles. The maximum Gasteiger partial charge on any atom is 0.323 e. The quantitative estimate of drug-likeness (QED) is 0.554. The Morgan fingerprint density at radius 3 is 2.69 bits per heavy atom. The maximum atomic E-state index is 11.9. The first kappa shape index (κ1) is 11.8. The van der Waals surface area contributed by atoms with Crippen molar-refractivity contribution in [1.29, 1.82) is 0 Å². The second-order valence-electron chi connectivity index (χ2n) is 4.07. The van der Waals surface area contributed by atoms with Gasteiger partial charge >= 0.3 is 5.97 Å². The summed E-state index contributed by atoms with van der Waals surface area (Å²) in [5, 5.41) is 11.8. The van der Waals surface area contributed by atoms with Crippen LogP contribution in [-0.2, 0) is 15.0 Å². The van der Waals surface area contributed by atoms with E-state index in [2.05, 4.69) is 10.0 Å². The van der Waals surface area contributed by atoms with E-state index in [1.807, 2.05) is 0 Å². The molecule has 0 spiro atoms. The van der Waals surface area contributed by atoms with Gasteiger partial charge in [-0.1, -0.05) is 0 Å². The number of carbonyl (C=O) groups is 1. The number of hydrogen-bond donors (Lipinski definition) is 3. The van der Waals surface area contributed by atoms with Gasteiger partial charge in [-0.05, 0) is 12.8 Å². The Morgan fingerprint density at radius 2 is 2.12 bits per heavy atom. The van der Waals surface area contributed by atoms with Gasteiger partial charge in [-0.25, -0.2) is 0 Å². The lowest BCUT2D eigenvalue weighted by Crippen LogP contribution is -2.59. The van der Waals surface area contributed by atoms with Crippen LogP contribution in [0, 0.1) is 0 Å². The fourth-order valence-electron chi connectivity index (χ4n) is 1.66.